The minimum atomic E-state index is -0.671. The molecular weight excluding hydrogens is 334 g/mol. The lowest BCUT2D eigenvalue weighted by Gasteiger charge is -2.22. The summed E-state index contributed by atoms with van der Waals surface area (Å²) in [6.07, 6.45) is 0.657. The number of nitrogens with one attached hydrogen (secondary N) is 1. The summed E-state index contributed by atoms with van der Waals surface area (Å²) in [5.74, 6) is -1.46. The smallest absolute Gasteiger partial charge is 0.338 e. The summed E-state index contributed by atoms with van der Waals surface area (Å²) in [6, 6.07) is 4.42. The SMILES string of the molecule is C=C(C)C(=O)Oc1ccc(NC(=O)C(C)(C)CC)cc1OC(=O)C(=C)C. The van der Waals surface area contributed by atoms with Crippen molar-refractivity contribution in [3.63, 3.8) is 0 Å². The zero-order valence-corrected chi connectivity index (χ0v) is 15.9. The number of carbonyl (C=O) groups is 3. The number of esters is 2. The van der Waals surface area contributed by atoms with Crippen LogP contribution in [0.2, 0.25) is 0 Å². The van der Waals surface area contributed by atoms with Crippen molar-refractivity contribution in [2.24, 2.45) is 5.41 Å². The van der Waals surface area contributed by atoms with Gasteiger partial charge in [-0.15, -0.1) is 0 Å². The Morgan fingerprint density at radius 3 is 1.96 bits per heavy atom. The van der Waals surface area contributed by atoms with Crippen LogP contribution in [0.1, 0.15) is 41.0 Å². The molecule has 26 heavy (non-hydrogen) atoms. The predicted molar refractivity (Wildman–Crippen MR) is 100 cm³/mol. The number of benzene rings is 1. The fraction of sp³-hybridized carbons (Fsp3) is 0.350. The van der Waals surface area contributed by atoms with Gasteiger partial charge in [-0.05, 0) is 32.4 Å². The molecule has 1 N–H and O–H groups in total. The average Bonchev–Trinajstić information content (AvgIpc) is 2.56. The van der Waals surface area contributed by atoms with Gasteiger partial charge >= 0.3 is 11.9 Å². The molecule has 0 atom stereocenters. The Morgan fingerprint density at radius 2 is 1.50 bits per heavy atom. The third-order valence-electron chi connectivity index (χ3n) is 3.80. The van der Waals surface area contributed by atoms with Crippen LogP contribution in [-0.2, 0) is 14.4 Å². The van der Waals surface area contributed by atoms with Gasteiger partial charge in [-0.3, -0.25) is 4.79 Å². The molecular formula is C20H25NO5. The molecule has 140 valence electrons. The van der Waals surface area contributed by atoms with E-state index in [1.165, 1.54) is 26.0 Å². The lowest BCUT2D eigenvalue weighted by atomic mass is 9.89. The van der Waals surface area contributed by atoms with E-state index in [9.17, 15) is 14.4 Å². The fourth-order valence-electron chi connectivity index (χ4n) is 1.58. The Bertz CT molecular complexity index is 761. The molecule has 0 radical (unpaired) electrons. The Balaban J connectivity index is 3.19. The van der Waals surface area contributed by atoms with E-state index in [0.29, 0.717) is 12.1 Å². The van der Waals surface area contributed by atoms with E-state index < -0.39 is 17.4 Å². The molecule has 0 aliphatic rings. The second kappa shape index (κ2) is 8.47. The van der Waals surface area contributed by atoms with Gasteiger partial charge in [0.1, 0.15) is 0 Å². The molecule has 1 aromatic rings. The standard InChI is InChI=1S/C20H25NO5/c1-8-20(6,7)19(24)21-14-9-10-15(25-17(22)12(2)3)16(11-14)26-18(23)13(4)5/h9-11H,2,4,8H2,1,3,5-7H3,(H,21,24). The zero-order chi connectivity index (χ0) is 20.1. The molecule has 0 aliphatic carbocycles. The monoisotopic (exact) mass is 359 g/mol. The molecule has 0 bridgehead atoms. The predicted octanol–water partition coefficient (Wildman–Crippen LogP) is 4.02. The summed E-state index contributed by atoms with van der Waals surface area (Å²) in [5, 5.41) is 2.77. The maximum Gasteiger partial charge on any atom is 0.338 e. The van der Waals surface area contributed by atoms with Crippen molar-refractivity contribution in [3.05, 3.63) is 42.5 Å². The van der Waals surface area contributed by atoms with Crippen LogP contribution < -0.4 is 14.8 Å². The van der Waals surface area contributed by atoms with Gasteiger partial charge < -0.3 is 14.8 Å². The first-order valence-electron chi connectivity index (χ1n) is 8.18. The number of hydrogen-bond donors (Lipinski definition) is 1. The van der Waals surface area contributed by atoms with Crippen LogP contribution in [0.15, 0.2) is 42.5 Å². The minimum Gasteiger partial charge on any atom is -0.419 e. The van der Waals surface area contributed by atoms with Crippen LogP contribution >= 0.6 is 0 Å². The first-order valence-corrected chi connectivity index (χ1v) is 8.18. The fourth-order valence-corrected chi connectivity index (χ4v) is 1.58. The molecule has 6 nitrogen and oxygen atoms in total. The molecule has 0 heterocycles. The second-order valence-corrected chi connectivity index (χ2v) is 6.69. The van der Waals surface area contributed by atoms with Crippen LogP contribution in [-0.4, -0.2) is 17.8 Å². The third kappa shape index (κ3) is 5.58. The van der Waals surface area contributed by atoms with Gasteiger partial charge in [-0.1, -0.05) is 33.9 Å². The van der Waals surface area contributed by atoms with Gasteiger partial charge in [0.05, 0.1) is 0 Å². The Labute approximate surface area is 153 Å². The first-order chi connectivity index (χ1) is 12.0. The van der Waals surface area contributed by atoms with Crippen molar-refractivity contribution < 1.29 is 23.9 Å². The maximum absolute atomic E-state index is 12.3. The van der Waals surface area contributed by atoms with Gasteiger partial charge in [0.15, 0.2) is 11.5 Å². The highest BCUT2D eigenvalue weighted by molar-refractivity contribution is 5.96. The second-order valence-electron chi connectivity index (χ2n) is 6.69. The van der Waals surface area contributed by atoms with Crippen molar-refractivity contribution in [1.29, 1.82) is 0 Å². The van der Waals surface area contributed by atoms with Crippen molar-refractivity contribution in [2.75, 3.05) is 5.32 Å². The number of ether oxygens (including phenoxy) is 2. The van der Waals surface area contributed by atoms with Crippen LogP contribution in [0, 0.1) is 5.41 Å². The van der Waals surface area contributed by atoms with Crippen molar-refractivity contribution in [1.82, 2.24) is 0 Å². The summed E-state index contributed by atoms with van der Waals surface area (Å²) in [7, 11) is 0. The highest BCUT2D eigenvalue weighted by Crippen LogP contribution is 2.32. The largest absolute Gasteiger partial charge is 0.419 e. The van der Waals surface area contributed by atoms with E-state index in [1.54, 1.807) is 6.07 Å². The van der Waals surface area contributed by atoms with E-state index in [1.807, 2.05) is 20.8 Å². The number of hydrogen-bond acceptors (Lipinski definition) is 5. The lowest BCUT2D eigenvalue weighted by molar-refractivity contribution is -0.132. The van der Waals surface area contributed by atoms with E-state index in [2.05, 4.69) is 18.5 Å². The highest BCUT2D eigenvalue weighted by atomic mass is 16.6. The summed E-state index contributed by atoms with van der Waals surface area (Å²) in [5.41, 5.74) is 0.240. The Kier molecular flexibility index (Phi) is 6.89. The third-order valence-corrected chi connectivity index (χ3v) is 3.80. The van der Waals surface area contributed by atoms with Gasteiger partial charge in [-0.25, -0.2) is 9.59 Å². The molecule has 1 aromatic carbocycles. The number of rotatable bonds is 7. The van der Waals surface area contributed by atoms with Crippen LogP contribution in [0.25, 0.3) is 0 Å². The van der Waals surface area contributed by atoms with Crippen molar-refractivity contribution in [2.45, 2.75) is 41.0 Å². The molecule has 0 aliphatic heterocycles. The molecule has 6 heteroatoms. The highest BCUT2D eigenvalue weighted by Gasteiger charge is 2.26. The van der Waals surface area contributed by atoms with Gasteiger partial charge in [0.2, 0.25) is 5.91 Å². The zero-order valence-electron chi connectivity index (χ0n) is 15.9. The van der Waals surface area contributed by atoms with E-state index >= 15 is 0 Å². The summed E-state index contributed by atoms with van der Waals surface area (Å²) in [6.45, 7) is 15.6. The Morgan fingerprint density at radius 1 is 1.00 bits per heavy atom. The number of carbonyl (C=O) groups excluding carboxylic acids is 3. The topological polar surface area (TPSA) is 81.7 Å². The van der Waals surface area contributed by atoms with Crippen molar-refractivity contribution in [3.8, 4) is 11.5 Å². The minimum absolute atomic E-state index is 0.000274. The van der Waals surface area contributed by atoms with E-state index in [0.717, 1.165) is 0 Å². The van der Waals surface area contributed by atoms with Gasteiger partial charge in [0, 0.05) is 28.3 Å². The van der Waals surface area contributed by atoms with E-state index in [4.69, 9.17) is 9.47 Å². The summed E-state index contributed by atoms with van der Waals surface area (Å²) >= 11 is 0. The molecule has 1 rings (SSSR count). The van der Waals surface area contributed by atoms with Crippen LogP contribution in [0.4, 0.5) is 5.69 Å². The molecule has 0 saturated carbocycles. The summed E-state index contributed by atoms with van der Waals surface area (Å²) in [4.78, 5) is 36.0. The van der Waals surface area contributed by atoms with Gasteiger partial charge in [0.25, 0.3) is 0 Å². The number of amides is 1. The summed E-state index contributed by atoms with van der Waals surface area (Å²) < 4.78 is 10.4. The normalized spacial score (nSPS) is 10.7. The molecule has 0 aromatic heterocycles. The number of anilines is 1. The first kappa shape index (κ1) is 21.2. The van der Waals surface area contributed by atoms with Crippen LogP contribution in [0.5, 0.6) is 11.5 Å². The molecule has 0 fully saturated rings. The van der Waals surface area contributed by atoms with E-state index in [-0.39, 0.29) is 28.6 Å². The maximum atomic E-state index is 12.3. The Hall–Kier alpha value is -2.89. The molecule has 0 unspecified atom stereocenters. The molecule has 1 amide bonds. The quantitative estimate of drug-likeness (QED) is 0.452. The molecule has 0 spiro atoms. The average molecular weight is 359 g/mol. The molecule has 0 saturated heterocycles. The lowest BCUT2D eigenvalue weighted by Crippen LogP contribution is -2.30. The van der Waals surface area contributed by atoms with Crippen molar-refractivity contribution >= 4 is 23.5 Å². The van der Waals surface area contributed by atoms with Gasteiger partial charge in [-0.2, -0.15) is 0 Å². The van der Waals surface area contributed by atoms with Crippen LogP contribution in [0.3, 0.4) is 0 Å².